The number of benzene rings is 1. The standard InChI is InChI=1S/C25H23N5O3S2/c1-3-19(23(32)29-24-17(12-26)16-9-4-5-10-20(16)34-24)35-25-28-21(18(13-27)22(31)30-25)14-7-6-8-15(11-14)33-2/h6-8,11,19H,3-5,9-10H2,1-2H3,(H,29,32)(H,28,30,31)/t19-/m0/s1. The number of thiophene rings is 1. The van der Waals surface area contributed by atoms with Crippen molar-refractivity contribution in [3.8, 4) is 29.1 Å². The van der Waals surface area contributed by atoms with Gasteiger partial charge in [-0.05, 0) is 49.8 Å². The number of anilines is 1. The molecule has 1 aliphatic carbocycles. The van der Waals surface area contributed by atoms with Gasteiger partial charge >= 0.3 is 0 Å². The summed E-state index contributed by atoms with van der Waals surface area (Å²) < 4.78 is 5.25. The molecular weight excluding hydrogens is 482 g/mol. The number of hydrogen-bond acceptors (Lipinski definition) is 8. The molecule has 8 nitrogen and oxygen atoms in total. The van der Waals surface area contributed by atoms with Crippen LogP contribution in [0.1, 0.15) is 47.8 Å². The van der Waals surface area contributed by atoms with Crippen LogP contribution < -0.4 is 15.6 Å². The zero-order valence-electron chi connectivity index (χ0n) is 19.3. The van der Waals surface area contributed by atoms with Crippen LogP contribution in [0.15, 0.2) is 34.2 Å². The first kappa shape index (κ1) is 24.5. The Morgan fingerprint density at radius 2 is 2.06 bits per heavy atom. The molecule has 0 fully saturated rings. The highest BCUT2D eigenvalue weighted by molar-refractivity contribution is 8.00. The third kappa shape index (κ3) is 5.09. The van der Waals surface area contributed by atoms with Crippen LogP contribution in [0.4, 0.5) is 5.00 Å². The lowest BCUT2D eigenvalue weighted by molar-refractivity contribution is -0.115. The van der Waals surface area contributed by atoms with Gasteiger partial charge in [0.2, 0.25) is 5.91 Å². The lowest BCUT2D eigenvalue weighted by Crippen LogP contribution is -2.25. The number of rotatable bonds is 7. The molecule has 10 heteroatoms. The molecule has 2 heterocycles. The third-order valence-corrected chi connectivity index (χ3v) is 8.25. The van der Waals surface area contributed by atoms with Gasteiger partial charge in [0.1, 0.15) is 28.5 Å². The second-order valence-corrected chi connectivity index (χ2v) is 10.3. The first-order valence-electron chi connectivity index (χ1n) is 11.2. The number of H-pyrrole nitrogens is 1. The number of carbonyl (C=O) groups excluding carboxylic acids is 1. The van der Waals surface area contributed by atoms with Crippen molar-refractivity contribution in [3.63, 3.8) is 0 Å². The van der Waals surface area contributed by atoms with Crippen LogP contribution in [0.2, 0.25) is 0 Å². The van der Waals surface area contributed by atoms with Crippen molar-refractivity contribution in [1.29, 1.82) is 10.5 Å². The minimum absolute atomic E-state index is 0.108. The molecule has 1 atom stereocenters. The molecule has 3 aromatic rings. The van der Waals surface area contributed by atoms with Gasteiger partial charge < -0.3 is 15.0 Å². The average Bonchev–Trinajstić information content (AvgIpc) is 3.23. The Kier molecular flexibility index (Phi) is 7.54. The summed E-state index contributed by atoms with van der Waals surface area (Å²) in [5.74, 6) is 0.308. The maximum Gasteiger partial charge on any atom is 0.270 e. The fourth-order valence-electron chi connectivity index (χ4n) is 4.01. The highest BCUT2D eigenvalue weighted by Crippen LogP contribution is 2.38. The zero-order chi connectivity index (χ0) is 24.9. The van der Waals surface area contributed by atoms with Crippen molar-refractivity contribution >= 4 is 34.0 Å². The summed E-state index contributed by atoms with van der Waals surface area (Å²) in [5.41, 5.74) is 1.72. The van der Waals surface area contributed by atoms with Crippen LogP contribution in [-0.2, 0) is 17.6 Å². The second kappa shape index (κ2) is 10.8. The number of aromatic nitrogens is 2. The molecule has 178 valence electrons. The van der Waals surface area contributed by atoms with Crippen molar-refractivity contribution in [2.45, 2.75) is 49.4 Å². The summed E-state index contributed by atoms with van der Waals surface area (Å²) in [7, 11) is 1.53. The Morgan fingerprint density at radius 1 is 1.29 bits per heavy atom. The van der Waals surface area contributed by atoms with Crippen LogP contribution in [0.3, 0.4) is 0 Å². The summed E-state index contributed by atoms with van der Waals surface area (Å²) in [5, 5.41) is 22.4. The zero-order valence-corrected chi connectivity index (χ0v) is 20.9. The van der Waals surface area contributed by atoms with Gasteiger partial charge in [0.15, 0.2) is 5.16 Å². The molecule has 0 radical (unpaired) electrons. The van der Waals surface area contributed by atoms with E-state index in [1.54, 1.807) is 24.3 Å². The van der Waals surface area contributed by atoms with E-state index in [4.69, 9.17) is 4.74 Å². The van der Waals surface area contributed by atoms with Gasteiger partial charge in [0.05, 0.1) is 23.6 Å². The van der Waals surface area contributed by atoms with Gasteiger partial charge in [-0.2, -0.15) is 10.5 Å². The topological polar surface area (TPSA) is 132 Å². The largest absolute Gasteiger partial charge is 0.497 e. The Morgan fingerprint density at radius 3 is 2.77 bits per heavy atom. The van der Waals surface area contributed by atoms with Crippen molar-refractivity contribution < 1.29 is 9.53 Å². The normalized spacial score (nSPS) is 13.3. The quantitative estimate of drug-likeness (QED) is 0.353. The third-order valence-electron chi connectivity index (χ3n) is 5.79. The smallest absolute Gasteiger partial charge is 0.270 e. The van der Waals surface area contributed by atoms with E-state index in [2.05, 4.69) is 21.4 Å². The summed E-state index contributed by atoms with van der Waals surface area (Å²) in [6.07, 6.45) is 4.40. The summed E-state index contributed by atoms with van der Waals surface area (Å²) in [6.45, 7) is 1.87. The van der Waals surface area contributed by atoms with E-state index in [0.29, 0.717) is 28.3 Å². The molecule has 1 aromatic carbocycles. The molecule has 4 rings (SSSR count). The van der Waals surface area contributed by atoms with Crippen LogP contribution in [0, 0.1) is 22.7 Å². The molecule has 1 amide bonds. The Labute approximate surface area is 211 Å². The molecule has 1 aliphatic rings. The molecule has 35 heavy (non-hydrogen) atoms. The lowest BCUT2D eigenvalue weighted by atomic mass is 9.96. The van der Waals surface area contributed by atoms with Gasteiger partial charge in [0, 0.05) is 10.4 Å². The summed E-state index contributed by atoms with van der Waals surface area (Å²) in [6, 6.07) is 11.1. The number of hydrogen-bond donors (Lipinski definition) is 2. The van der Waals surface area contributed by atoms with E-state index < -0.39 is 10.8 Å². The van der Waals surface area contributed by atoms with Gasteiger partial charge in [-0.3, -0.25) is 9.59 Å². The summed E-state index contributed by atoms with van der Waals surface area (Å²) in [4.78, 5) is 34.1. The highest BCUT2D eigenvalue weighted by atomic mass is 32.2. The van der Waals surface area contributed by atoms with Crippen molar-refractivity contribution in [3.05, 3.63) is 56.2 Å². The monoisotopic (exact) mass is 505 g/mol. The van der Waals surface area contributed by atoms with E-state index in [1.807, 2.05) is 13.0 Å². The molecule has 0 unspecified atom stereocenters. The number of carbonyl (C=O) groups is 1. The Bertz CT molecular complexity index is 1410. The number of methoxy groups -OCH3 is 1. The van der Waals surface area contributed by atoms with E-state index >= 15 is 0 Å². The van der Waals surface area contributed by atoms with Gasteiger partial charge in [0.25, 0.3) is 5.56 Å². The fourth-order valence-corrected chi connectivity index (χ4v) is 6.15. The number of ether oxygens (including phenoxy) is 1. The maximum absolute atomic E-state index is 13.2. The SMILES string of the molecule is CC[C@H](Sc1nc(-c2cccc(OC)c2)c(C#N)c(=O)[nH]1)C(=O)Nc1sc2c(c1C#N)CCCC2. The molecule has 2 N–H and O–H groups in total. The van der Waals surface area contributed by atoms with Gasteiger partial charge in [-0.15, -0.1) is 11.3 Å². The predicted octanol–water partition coefficient (Wildman–Crippen LogP) is 4.64. The average molecular weight is 506 g/mol. The molecule has 0 saturated carbocycles. The Hall–Kier alpha value is -3.60. The van der Waals surface area contributed by atoms with Gasteiger partial charge in [-0.1, -0.05) is 30.8 Å². The van der Waals surface area contributed by atoms with Crippen molar-refractivity contribution in [2.75, 3.05) is 12.4 Å². The molecule has 2 aromatic heterocycles. The number of aromatic amines is 1. The number of aryl methyl sites for hydroxylation is 1. The van der Waals surface area contributed by atoms with E-state index in [9.17, 15) is 20.1 Å². The number of thioether (sulfide) groups is 1. The van der Waals surface area contributed by atoms with Gasteiger partial charge in [-0.25, -0.2) is 4.98 Å². The van der Waals surface area contributed by atoms with Crippen molar-refractivity contribution in [1.82, 2.24) is 9.97 Å². The van der Waals surface area contributed by atoms with E-state index in [0.717, 1.165) is 43.0 Å². The van der Waals surface area contributed by atoms with Crippen LogP contribution >= 0.6 is 23.1 Å². The minimum atomic E-state index is -0.573. The molecule has 0 saturated heterocycles. The second-order valence-electron chi connectivity index (χ2n) is 7.97. The fraction of sp³-hybridized carbons (Fsp3) is 0.320. The first-order valence-corrected chi connectivity index (χ1v) is 12.9. The van der Waals surface area contributed by atoms with Crippen molar-refractivity contribution in [2.24, 2.45) is 0 Å². The number of amides is 1. The summed E-state index contributed by atoms with van der Waals surface area (Å²) >= 11 is 2.59. The van der Waals surface area contributed by atoms with E-state index in [-0.39, 0.29) is 22.3 Å². The number of nitrogens with zero attached hydrogens (tertiary/aromatic N) is 3. The highest BCUT2D eigenvalue weighted by Gasteiger charge is 2.26. The predicted molar refractivity (Wildman–Crippen MR) is 136 cm³/mol. The van der Waals surface area contributed by atoms with Crippen LogP contribution in [0.5, 0.6) is 5.75 Å². The lowest BCUT2D eigenvalue weighted by Gasteiger charge is -2.14. The molecule has 0 spiro atoms. The maximum atomic E-state index is 13.2. The number of nitriles is 2. The minimum Gasteiger partial charge on any atom is -0.497 e. The number of nitrogens with one attached hydrogen (secondary N) is 2. The first-order chi connectivity index (χ1) is 17.0. The Balaban J connectivity index is 1.61. The van der Waals surface area contributed by atoms with Crippen LogP contribution in [0.25, 0.3) is 11.3 Å². The molecular formula is C25H23N5O3S2. The van der Waals surface area contributed by atoms with E-state index in [1.165, 1.54) is 23.3 Å². The number of fused-ring (bicyclic) bond motifs is 1. The molecule has 0 bridgehead atoms. The molecule has 0 aliphatic heterocycles. The van der Waals surface area contributed by atoms with Crippen LogP contribution in [-0.4, -0.2) is 28.2 Å².